The summed E-state index contributed by atoms with van der Waals surface area (Å²) in [6.07, 6.45) is 2.55. The summed E-state index contributed by atoms with van der Waals surface area (Å²) in [5.74, 6) is -0.890. The minimum Gasteiger partial charge on any atom is -0.477 e. The van der Waals surface area contributed by atoms with E-state index in [9.17, 15) is 9.90 Å². The molecule has 0 amide bonds. The fraction of sp³-hybridized carbons (Fsp3) is 0.214. The summed E-state index contributed by atoms with van der Waals surface area (Å²) in [7, 11) is 0. The molecule has 0 unspecified atom stereocenters. The maximum Gasteiger partial charge on any atom is 0.346 e. The largest absolute Gasteiger partial charge is 0.477 e. The average Bonchev–Trinajstić information content (AvgIpc) is 2.74. The van der Waals surface area contributed by atoms with E-state index in [0.29, 0.717) is 18.1 Å². The van der Waals surface area contributed by atoms with Crippen LogP contribution in [-0.4, -0.2) is 17.7 Å². The van der Waals surface area contributed by atoms with Crippen LogP contribution in [0.15, 0.2) is 36.9 Å². The summed E-state index contributed by atoms with van der Waals surface area (Å²) in [5, 5.41) is 10.2. The lowest BCUT2D eigenvalue weighted by atomic mass is 10.1. The van der Waals surface area contributed by atoms with Crippen molar-refractivity contribution in [2.45, 2.75) is 13.0 Å². The molecule has 2 rings (SSSR count). The topological polar surface area (TPSA) is 46.5 Å². The first-order valence-corrected chi connectivity index (χ1v) is 6.48. The molecule has 0 aliphatic heterocycles. The van der Waals surface area contributed by atoms with Crippen LogP contribution >= 0.6 is 11.3 Å². The standard InChI is InChI=1S/C14H14O3S/c1-2-3-8-17-9-11-10-6-4-5-7-12(10)18-13(11)14(15)16/h2,4-7H,1,3,8-9H2,(H,15,16). The third kappa shape index (κ3) is 2.60. The van der Waals surface area contributed by atoms with Gasteiger partial charge in [-0.3, -0.25) is 0 Å². The van der Waals surface area contributed by atoms with E-state index in [4.69, 9.17) is 4.74 Å². The van der Waals surface area contributed by atoms with Gasteiger partial charge in [0.1, 0.15) is 4.88 Å². The molecule has 0 spiro atoms. The molecule has 0 radical (unpaired) electrons. The SMILES string of the molecule is C=CCCOCc1c(C(=O)O)sc2ccccc12. The zero-order valence-electron chi connectivity index (χ0n) is 9.89. The molecule has 0 aliphatic carbocycles. The molecule has 0 saturated heterocycles. The van der Waals surface area contributed by atoms with E-state index in [-0.39, 0.29) is 0 Å². The minimum absolute atomic E-state index is 0.333. The molecule has 0 saturated carbocycles. The number of carbonyl (C=O) groups is 1. The highest BCUT2D eigenvalue weighted by Gasteiger charge is 2.17. The van der Waals surface area contributed by atoms with Crippen LogP contribution < -0.4 is 0 Å². The van der Waals surface area contributed by atoms with Crippen molar-refractivity contribution in [2.75, 3.05) is 6.61 Å². The van der Waals surface area contributed by atoms with Gasteiger partial charge in [0.15, 0.2) is 0 Å². The second-order valence-corrected chi connectivity index (χ2v) is 4.89. The fourth-order valence-corrected chi connectivity index (χ4v) is 2.80. The summed E-state index contributed by atoms with van der Waals surface area (Å²) in [6.45, 7) is 4.51. The minimum atomic E-state index is -0.890. The highest BCUT2D eigenvalue weighted by molar-refractivity contribution is 7.21. The number of carboxylic acid groups (broad SMARTS) is 1. The number of aromatic carboxylic acids is 1. The van der Waals surface area contributed by atoms with Gasteiger partial charge < -0.3 is 9.84 Å². The quantitative estimate of drug-likeness (QED) is 0.638. The monoisotopic (exact) mass is 262 g/mol. The third-order valence-corrected chi connectivity index (χ3v) is 3.81. The summed E-state index contributed by atoms with van der Waals surface area (Å²) < 4.78 is 6.47. The second kappa shape index (κ2) is 5.80. The molecule has 18 heavy (non-hydrogen) atoms. The zero-order chi connectivity index (χ0) is 13.0. The molecule has 4 heteroatoms. The number of ether oxygens (including phenoxy) is 1. The Morgan fingerprint density at radius 1 is 1.44 bits per heavy atom. The Labute approximate surface area is 109 Å². The van der Waals surface area contributed by atoms with Crippen molar-refractivity contribution >= 4 is 27.4 Å². The predicted molar refractivity (Wildman–Crippen MR) is 73.3 cm³/mol. The van der Waals surface area contributed by atoms with Gasteiger partial charge in [-0.15, -0.1) is 17.9 Å². The molecular formula is C14H14O3S. The third-order valence-electron chi connectivity index (χ3n) is 2.61. The van der Waals surface area contributed by atoms with Gasteiger partial charge in [-0.25, -0.2) is 4.79 Å². The first-order chi connectivity index (χ1) is 8.74. The van der Waals surface area contributed by atoms with Gasteiger partial charge in [0, 0.05) is 10.3 Å². The van der Waals surface area contributed by atoms with E-state index in [1.165, 1.54) is 11.3 Å². The van der Waals surface area contributed by atoms with Gasteiger partial charge in [-0.2, -0.15) is 0 Å². The van der Waals surface area contributed by atoms with Gasteiger partial charge in [-0.05, 0) is 17.9 Å². The summed E-state index contributed by atoms with van der Waals surface area (Å²) in [5.41, 5.74) is 0.771. The molecule has 2 aromatic rings. The van der Waals surface area contributed by atoms with Gasteiger partial charge in [0.25, 0.3) is 0 Å². The Kier molecular flexibility index (Phi) is 4.12. The van der Waals surface area contributed by atoms with Crippen molar-refractivity contribution in [3.63, 3.8) is 0 Å². The molecule has 0 bridgehead atoms. The smallest absolute Gasteiger partial charge is 0.346 e. The Morgan fingerprint density at radius 3 is 2.94 bits per heavy atom. The van der Waals surface area contributed by atoms with E-state index < -0.39 is 5.97 Å². The van der Waals surface area contributed by atoms with Crippen LogP contribution in [0, 0.1) is 0 Å². The van der Waals surface area contributed by atoms with Crippen molar-refractivity contribution in [3.05, 3.63) is 47.4 Å². The van der Waals surface area contributed by atoms with Crippen LogP contribution in [0.1, 0.15) is 21.7 Å². The van der Waals surface area contributed by atoms with Crippen LogP contribution in [-0.2, 0) is 11.3 Å². The summed E-state index contributed by atoms with van der Waals surface area (Å²) in [6, 6.07) is 7.69. The Balaban J connectivity index is 2.30. The van der Waals surface area contributed by atoms with Crippen LogP contribution in [0.3, 0.4) is 0 Å². The molecule has 1 aromatic heterocycles. The maximum atomic E-state index is 11.2. The molecule has 94 valence electrons. The molecular weight excluding hydrogens is 248 g/mol. The van der Waals surface area contributed by atoms with E-state index in [1.54, 1.807) is 6.08 Å². The van der Waals surface area contributed by atoms with Gasteiger partial charge in [0.05, 0.1) is 13.2 Å². The predicted octanol–water partition coefficient (Wildman–Crippen LogP) is 3.69. The molecule has 1 N–H and O–H groups in total. The maximum absolute atomic E-state index is 11.2. The summed E-state index contributed by atoms with van der Waals surface area (Å²) in [4.78, 5) is 11.6. The number of rotatable bonds is 6. The zero-order valence-corrected chi connectivity index (χ0v) is 10.7. The highest BCUT2D eigenvalue weighted by Crippen LogP contribution is 2.31. The van der Waals surface area contributed by atoms with Crippen molar-refractivity contribution in [2.24, 2.45) is 0 Å². The molecule has 0 fully saturated rings. The molecule has 0 atom stereocenters. The van der Waals surface area contributed by atoms with Gasteiger partial charge in [0.2, 0.25) is 0 Å². The normalized spacial score (nSPS) is 10.7. The first-order valence-electron chi connectivity index (χ1n) is 5.66. The van der Waals surface area contributed by atoms with Crippen LogP contribution in [0.25, 0.3) is 10.1 Å². The second-order valence-electron chi connectivity index (χ2n) is 3.84. The van der Waals surface area contributed by atoms with Gasteiger partial charge >= 0.3 is 5.97 Å². The Bertz CT molecular complexity index is 571. The highest BCUT2D eigenvalue weighted by atomic mass is 32.1. The number of benzene rings is 1. The van der Waals surface area contributed by atoms with Crippen molar-refractivity contribution in [3.8, 4) is 0 Å². The van der Waals surface area contributed by atoms with Crippen LogP contribution in [0.2, 0.25) is 0 Å². The van der Waals surface area contributed by atoms with E-state index in [1.807, 2.05) is 24.3 Å². The van der Waals surface area contributed by atoms with Crippen LogP contribution in [0.5, 0.6) is 0 Å². The lowest BCUT2D eigenvalue weighted by Crippen LogP contribution is -2.01. The number of hydrogen-bond donors (Lipinski definition) is 1. The number of thiophene rings is 1. The number of hydrogen-bond acceptors (Lipinski definition) is 3. The molecule has 1 heterocycles. The molecule has 0 aliphatic rings. The Morgan fingerprint density at radius 2 is 2.22 bits per heavy atom. The number of carboxylic acids is 1. The van der Waals surface area contributed by atoms with Crippen molar-refractivity contribution < 1.29 is 14.6 Å². The van der Waals surface area contributed by atoms with E-state index >= 15 is 0 Å². The lowest BCUT2D eigenvalue weighted by Gasteiger charge is -2.03. The van der Waals surface area contributed by atoms with Gasteiger partial charge in [-0.1, -0.05) is 24.3 Å². The lowest BCUT2D eigenvalue weighted by molar-refractivity contribution is 0.0694. The van der Waals surface area contributed by atoms with E-state index in [0.717, 1.165) is 22.1 Å². The van der Waals surface area contributed by atoms with Crippen LogP contribution in [0.4, 0.5) is 0 Å². The average molecular weight is 262 g/mol. The molecule has 1 aromatic carbocycles. The fourth-order valence-electron chi connectivity index (χ4n) is 1.76. The van der Waals surface area contributed by atoms with Crippen molar-refractivity contribution in [1.29, 1.82) is 0 Å². The van der Waals surface area contributed by atoms with Crippen molar-refractivity contribution in [1.82, 2.24) is 0 Å². The van der Waals surface area contributed by atoms with E-state index in [2.05, 4.69) is 6.58 Å². The number of fused-ring (bicyclic) bond motifs is 1. The Hall–Kier alpha value is -1.65. The molecule has 3 nitrogen and oxygen atoms in total. The first kappa shape index (κ1) is 12.8. The summed E-state index contributed by atoms with van der Waals surface area (Å²) >= 11 is 1.30.